The zero-order chi connectivity index (χ0) is 18.0. The second-order valence-corrected chi connectivity index (χ2v) is 5.61. The number of esters is 1. The lowest BCUT2D eigenvalue weighted by Gasteiger charge is -2.15. The van der Waals surface area contributed by atoms with E-state index in [4.69, 9.17) is 4.74 Å². The average molecular weight is 349 g/mol. The van der Waals surface area contributed by atoms with Gasteiger partial charge in [-0.3, -0.25) is 4.79 Å². The van der Waals surface area contributed by atoms with E-state index in [2.05, 4.69) is 0 Å². The minimum atomic E-state index is -4.45. The molecule has 0 saturated carbocycles. The van der Waals surface area contributed by atoms with Gasteiger partial charge in [0, 0.05) is 18.7 Å². The van der Waals surface area contributed by atoms with Gasteiger partial charge in [-0.25, -0.2) is 4.79 Å². The van der Waals surface area contributed by atoms with Gasteiger partial charge in [0.25, 0.3) is 0 Å². The normalized spacial score (nSPS) is 14.7. The maximum absolute atomic E-state index is 12.5. The Kier molecular flexibility index (Phi) is 4.48. The lowest BCUT2D eigenvalue weighted by Crippen LogP contribution is -2.23. The van der Waals surface area contributed by atoms with Crippen LogP contribution in [0.5, 0.6) is 5.75 Å². The lowest BCUT2D eigenvalue weighted by atomic mass is 10.1. The number of carbonyl (C=O) groups is 2. The fourth-order valence-electron chi connectivity index (χ4n) is 2.58. The summed E-state index contributed by atoms with van der Waals surface area (Å²) < 4.78 is 42.7. The van der Waals surface area contributed by atoms with Gasteiger partial charge < -0.3 is 9.64 Å². The van der Waals surface area contributed by atoms with Crippen molar-refractivity contribution in [3.05, 3.63) is 59.7 Å². The van der Waals surface area contributed by atoms with Crippen LogP contribution in [0.15, 0.2) is 48.5 Å². The van der Waals surface area contributed by atoms with Gasteiger partial charge in [-0.1, -0.05) is 0 Å². The van der Waals surface area contributed by atoms with Crippen LogP contribution in [0.3, 0.4) is 0 Å². The number of carbonyl (C=O) groups excluding carboxylic acids is 2. The van der Waals surface area contributed by atoms with Crippen LogP contribution >= 0.6 is 0 Å². The minimum Gasteiger partial charge on any atom is -0.423 e. The largest absolute Gasteiger partial charge is 0.423 e. The molecule has 130 valence electrons. The van der Waals surface area contributed by atoms with Crippen molar-refractivity contribution in [3.8, 4) is 5.75 Å². The number of hydrogen-bond donors (Lipinski definition) is 0. The second kappa shape index (κ2) is 6.58. The Labute approximate surface area is 141 Å². The number of nitrogens with zero attached hydrogens (tertiary/aromatic N) is 1. The molecular weight excluding hydrogens is 335 g/mol. The molecule has 0 bridgehead atoms. The monoisotopic (exact) mass is 349 g/mol. The number of benzene rings is 2. The molecule has 0 radical (unpaired) electrons. The van der Waals surface area contributed by atoms with E-state index in [0.29, 0.717) is 13.0 Å². The van der Waals surface area contributed by atoms with E-state index in [0.717, 1.165) is 36.4 Å². The van der Waals surface area contributed by atoms with Crippen LogP contribution in [-0.4, -0.2) is 18.4 Å². The average Bonchev–Trinajstić information content (AvgIpc) is 3.01. The Balaban J connectivity index is 1.67. The predicted octanol–water partition coefficient (Wildman–Crippen LogP) is 4.05. The van der Waals surface area contributed by atoms with Crippen molar-refractivity contribution in [1.82, 2.24) is 0 Å². The molecule has 3 rings (SSSR count). The van der Waals surface area contributed by atoms with Crippen LogP contribution in [0.1, 0.15) is 28.8 Å². The van der Waals surface area contributed by atoms with Gasteiger partial charge in [0.2, 0.25) is 5.91 Å². The number of amides is 1. The number of rotatable bonds is 3. The SMILES string of the molecule is O=C(Oc1ccc(N2CCCC2=O)cc1)c1ccc(C(F)(F)F)cc1. The topological polar surface area (TPSA) is 46.6 Å². The van der Waals surface area contributed by atoms with Crippen molar-refractivity contribution in [2.24, 2.45) is 0 Å². The maximum atomic E-state index is 12.5. The fourth-order valence-corrected chi connectivity index (χ4v) is 2.58. The molecular formula is C18H14F3NO3. The van der Waals surface area contributed by atoms with E-state index in [-0.39, 0.29) is 17.2 Å². The summed E-state index contributed by atoms with van der Waals surface area (Å²) in [4.78, 5) is 25.3. The molecule has 4 nitrogen and oxygen atoms in total. The highest BCUT2D eigenvalue weighted by atomic mass is 19.4. The van der Waals surface area contributed by atoms with Crippen LogP contribution in [-0.2, 0) is 11.0 Å². The maximum Gasteiger partial charge on any atom is 0.416 e. The van der Waals surface area contributed by atoms with Crippen molar-refractivity contribution in [2.75, 3.05) is 11.4 Å². The third kappa shape index (κ3) is 3.81. The van der Waals surface area contributed by atoms with Gasteiger partial charge in [-0.2, -0.15) is 13.2 Å². The summed E-state index contributed by atoms with van der Waals surface area (Å²) in [5.41, 5.74) is -0.0905. The highest BCUT2D eigenvalue weighted by Crippen LogP contribution is 2.29. The summed E-state index contributed by atoms with van der Waals surface area (Å²) in [7, 11) is 0. The molecule has 25 heavy (non-hydrogen) atoms. The van der Waals surface area contributed by atoms with Crippen LogP contribution in [0.4, 0.5) is 18.9 Å². The molecule has 1 fully saturated rings. The first-order chi connectivity index (χ1) is 11.8. The molecule has 2 aromatic rings. The minimum absolute atomic E-state index is 0.0202. The number of alkyl halides is 3. The third-order valence-corrected chi connectivity index (χ3v) is 3.88. The molecule has 1 aliphatic heterocycles. The molecule has 1 saturated heterocycles. The number of anilines is 1. The summed E-state index contributed by atoms with van der Waals surface area (Å²) in [6.45, 7) is 0.656. The zero-order valence-electron chi connectivity index (χ0n) is 13.0. The summed E-state index contributed by atoms with van der Waals surface area (Å²) in [6, 6.07) is 10.2. The Bertz CT molecular complexity index is 783. The Morgan fingerprint density at radius 1 is 1.00 bits per heavy atom. The fraction of sp³-hybridized carbons (Fsp3) is 0.222. The molecule has 0 aromatic heterocycles. The van der Waals surface area contributed by atoms with Gasteiger partial charge in [-0.15, -0.1) is 0 Å². The Morgan fingerprint density at radius 3 is 2.16 bits per heavy atom. The summed E-state index contributed by atoms with van der Waals surface area (Å²) >= 11 is 0. The quantitative estimate of drug-likeness (QED) is 0.620. The smallest absolute Gasteiger partial charge is 0.416 e. The highest BCUT2D eigenvalue weighted by Gasteiger charge is 2.30. The molecule has 0 spiro atoms. The highest BCUT2D eigenvalue weighted by molar-refractivity contribution is 5.95. The van der Waals surface area contributed by atoms with Gasteiger partial charge in [0.15, 0.2) is 0 Å². The van der Waals surface area contributed by atoms with Gasteiger partial charge in [0.1, 0.15) is 5.75 Å². The lowest BCUT2D eigenvalue weighted by molar-refractivity contribution is -0.137. The molecule has 0 unspecified atom stereocenters. The predicted molar refractivity (Wildman–Crippen MR) is 84.4 cm³/mol. The van der Waals surface area contributed by atoms with E-state index in [1.807, 2.05) is 0 Å². The van der Waals surface area contributed by atoms with Crippen LogP contribution in [0.2, 0.25) is 0 Å². The molecule has 0 atom stereocenters. The van der Waals surface area contributed by atoms with E-state index in [9.17, 15) is 22.8 Å². The van der Waals surface area contributed by atoms with Crippen molar-refractivity contribution >= 4 is 17.6 Å². The van der Waals surface area contributed by atoms with Crippen molar-refractivity contribution in [3.63, 3.8) is 0 Å². The molecule has 2 aromatic carbocycles. The standard InChI is InChI=1S/C18H14F3NO3/c19-18(20,21)13-5-3-12(4-6-13)17(24)25-15-9-7-14(8-10-15)22-11-1-2-16(22)23/h3-10H,1-2,11H2. The number of ether oxygens (including phenoxy) is 1. The van der Waals surface area contributed by atoms with E-state index in [1.165, 1.54) is 0 Å². The summed E-state index contributed by atoms with van der Waals surface area (Å²) in [6.07, 6.45) is -3.13. The summed E-state index contributed by atoms with van der Waals surface area (Å²) in [5, 5.41) is 0. The molecule has 7 heteroatoms. The van der Waals surface area contributed by atoms with Gasteiger partial charge >= 0.3 is 12.1 Å². The number of hydrogen-bond acceptors (Lipinski definition) is 3. The molecule has 1 heterocycles. The second-order valence-electron chi connectivity index (χ2n) is 5.61. The third-order valence-electron chi connectivity index (χ3n) is 3.88. The van der Waals surface area contributed by atoms with Crippen LogP contribution < -0.4 is 9.64 Å². The summed E-state index contributed by atoms with van der Waals surface area (Å²) in [5.74, 6) is -0.450. The molecule has 0 aliphatic carbocycles. The number of halogens is 3. The molecule has 1 amide bonds. The van der Waals surface area contributed by atoms with E-state index >= 15 is 0 Å². The molecule has 1 aliphatic rings. The Hall–Kier alpha value is -2.83. The Morgan fingerprint density at radius 2 is 1.64 bits per heavy atom. The van der Waals surface area contributed by atoms with E-state index in [1.54, 1.807) is 29.2 Å². The first-order valence-electron chi connectivity index (χ1n) is 7.64. The van der Waals surface area contributed by atoms with Gasteiger partial charge in [-0.05, 0) is 55.0 Å². The molecule has 0 N–H and O–H groups in total. The van der Waals surface area contributed by atoms with Gasteiger partial charge in [0.05, 0.1) is 11.1 Å². The zero-order valence-corrected chi connectivity index (χ0v) is 13.0. The van der Waals surface area contributed by atoms with Crippen LogP contribution in [0, 0.1) is 0 Å². The first kappa shape index (κ1) is 17.0. The van der Waals surface area contributed by atoms with Crippen LogP contribution in [0.25, 0.3) is 0 Å². The first-order valence-corrected chi connectivity index (χ1v) is 7.64. The van der Waals surface area contributed by atoms with E-state index < -0.39 is 17.7 Å². The van der Waals surface area contributed by atoms with Crippen molar-refractivity contribution in [2.45, 2.75) is 19.0 Å². The van der Waals surface area contributed by atoms with Crippen molar-refractivity contribution in [1.29, 1.82) is 0 Å². The van der Waals surface area contributed by atoms with Crippen molar-refractivity contribution < 1.29 is 27.5 Å².